The molecule has 2 aliphatic rings. The number of ether oxygens (including phenoxy) is 1. The summed E-state index contributed by atoms with van der Waals surface area (Å²) < 4.78 is 7.19. The first-order chi connectivity index (χ1) is 16.9. The Hall–Kier alpha value is -3.23. The molecule has 2 saturated heterocycles. The molecule has 184 valence electrons. The lowest BCUT2D eigenvalue weighted by atomic mass is 9.85. The third-order valence-corrected chi connectivity index (χ3v) is 7.76. The lowest BCUT2D eigenvalue weighted by Crippen LogP contribution is -2.57. The van der Waals surface area contributed by atoms with Crippen LogP contribution in [0.5, 0.6) is 0 Å². The fourth-order valence-corrected chi connectivity index (χ4v) is 5.52. The van der Waals surface area contributed by atoms with Gasteiger partial charge in [-0.15, -0.1) is 0 Å². The third-order valence-electron chi connectivity index (χ3n) is 7.76. The van der Waals surface area contributed by atoms with E-state index < -0.39 is 5.54 Å². The minimum Gasteiger partial charge on any atom is -0.383 e. The number of nitrogens with zero attached hydrogens (tertiary/aromatic N) is 5. The predicted octanol–water partition coefficient (Wildman–Crippen LogP) is 3.33. The number of urea groups is 1. The molecule has 0 unspecified atom stereocenters. The van der Waals surface area contributed by atoms with E-state index in [1.807, 2.05) is 48.3 Å². The van der Waals surface area contributed by atoms with E-state index in [0.717, 1.165) is 41.7 Å². The molecule has 0 N–H and O–H groups in total. The average molecular weight is 476 g/mol. The lowest BCUT2D eigenvalue weighted by molar-refractivity contribution is -0.136. The summed E-state index contributed by atoms with van der Waals surface area (Å²) in [7, 11) is 3.58. The van der Waals surface area contributed by atoms with Crippen LogP contribution in [0.25, 0.3) is 10.8 Å². The maximum absolute atomic E-state index is 13.9. The number of hydrogen-bond acceptors (Lipinski definition) is 5. The highest BCUT2D eigenvalue weighted by molar-refractivity contribution is 6.07. The van der Waals surface area contributed by atoms with E-state index in [0.29, 0.717) is 26.0 Å². The molecule has 8 nitrogen and oxygen atoms in total. The summed E-state index contributed by atoms with van der Waals surface area (Å²) in [6.45, 7) is 5.47. The van der Waals surface area contributed by atoms with Crippen molar-refractivity contribution in [1.29, 1.82) is 0 Å². The van der Waals surface area contributed by atoms with Crippen molar-refractivity contribution in [3.05, 3.63) is 65.5 Å². The normalized spacial score (nSPS) is 18.4. The average Bonchev–Trinajstić information content (AvgIpc) is 3.28. The molecular weight excluding hydrogens is 442 g/mol. The second-order valence-electron chi connectivity index (χ2n) is 9.64. The first-order valence-electron chi connectivity index (χ1n) is 12.2. The molecule has 8 heteroatoms. The topological polar surface area (TPSA) is 70.9 Å². The van der Waals surface area contributed by atoms with Gasteiger partial charge in [-0.2, -0.15) is 5.10 Å². The quantitative estimate of drug-likeness (QED) is 0.490. The number of amides is 3. The molecule has 0 saturated carbocycles. The molecule has 0 radical (unpaired) electrons. The molecule has 1 spiro atoms. The van der Waals surface area contributed by atoms with Crippen LogP contribution in [-0.4, -0.2) is 75.3 Å². The van der Waals surface area contributed by atoms with Gasteiger partial charge in [0.2, 0.25) is 0 Å². The van der Waals surface area contributed by atoms with Crippen molar-refractivity contribution in [1.82, 2.24) is 24.5 Å². The van der Waals surface area contributed by atoms with Crippen LogP contribution in [-0.2, 0) is 29.7 Å². The van der Waals surface area contributed by atoms with Gasteiger partial charge in [-0.05, 0) is 36.1 Å². The van der Waals surface area contributed by atoms with Gasteiger partial charge in [-0.3, -0.25) is 19.3 Å². The van der Waals surface area contributed by atoms with Crippen LogP contribution in [0.15, 0.2) is 48.7 Å². The predicted molar refractivity (Wildman–Crippen MR) is 134 cm³/mol. The number of aryl methyl sites for hydroxylation is 1. The SMILES string of the molecule is COCCN1C(=O)N(Cc2cccc3ccccc23)C(=O)C12CCN(Cc1cnn(C)c1C)CC2. The van der Waals surface area contributed by atoms with Crippen molar-refractivity contribution in [3.63, 3.8) is 0 Å². The summed E-state index contributed by atoms with van der Waals surface area (Å²) in [5.74, 6) is -0.0799. The molecule has 3 amide bonds. The number of piperidine rings is 1. The van der Waals surface area contributed by atoms with Gasteiger partial charge < -0.3 is 9.64 Å². The molecule has 1 aromatic heterocycles. The Morgan fingerprint density at radius 1 is 1.00 bits per heavy atom. The van der Waals surface area contributed by atoms with Gasteiger partial charge in [-0.1, -0.05) is 42.5 Å². The van der Waals surface area contributed by atoms with Gasteiger partial charge in [0.1, 0.15) is 5.54 Å². The van der Waals surface area contributed by atoms with Crippen LogP contribution in [0.1, 0.15) is 29.7 Å². The Morgan fingerprint density at radius 3 is 2.46 bits per heavy atom. The van der Waals surface area contributed by atoms with Crippen molar-refractivity contribution in [2.45, 2.75) is 38.4 Å². The van der Waals surface area contributed by atoms with Crippen molar-refractivity contribution in [2.75, 3.05) is 33.4 Å². The highest BCUT2D eigenvalue weighted by Crippen LogP contribution is 2.38. The number of imide groups is 1. The zero-order valence-electron chi connectivity index (χ0n) is 20.7. The number of carbonyl (C=O) groups excluding carboxylic acids is 2. The van der Waals surface area contributed by atoms with Crippen LogP contribution < -0.4 is 0 Å². The van der Waals surface area contributed by atoms with Crippen molar-refractivity contribution >= 4 is 22.7 Å². The van der Waals surface area contributed by atoms with E-state index in [4.69, 9.17) is 4.74 Å². The molecule has 5 rings (SSSR count). The summed E-state index contributed by atoms with van der Waals surface area (Å²) in [6, 6.07) is 13.9. The molecule has 2 aliphatic heterocycles. The minimum atomic E-state index is -0.805. The molecule has 0 aliphatic carbocycles. The van der Waals surface area contributed by atoms with Crippen molar-refractivity contribution in [2.24, 2.45) is 7.05 Å². The summed E-state index contributed by atoms with van der Waals surface area (Å²) in [6.07, 6.45) is 3.15. The van der Waals surface area contributed by atoms with Crippen LogP contribution in [0.2, 0.25) is 0 Å². The molecule has 0 atom stereocenters. The van der Waals surface area contributed by atoms with Gasteiger partial charge in [-0.25, -0.2) is 4.79 Å². The molecular formula is C27H33N5O3. The van der Waals surface area contributed by atoms with Crippen molar-refractivity contribution < 1.29 is 14.3 Å². The standard InChI is InChI=1S/C27H33N5O3/c1-20-23(17-28-29(20)2)18-30-13-11-27(12-14-30)25(33)31(26(34)32(27)15-16-35-3)19-22-9-6-8-21-7-4-5-10-24(21)22/h4-10,17H,11-16,18-19H2,1-3H3. The summed E-state index contributed by atoms with van der Waals surface area (Å²) >= 11 is 0. The third kappa shape index (κ3) is 4.10. The number of likely N-dealkylation sites (tertiary alicyclic amines) is 1. The second-order valence-corrected chi connectivity index (χ2v) is 9.64. The number of aromatic nitrogens is 2. The molecule has 2 aromatic carbocycles. The van der Waals surface area contributed by atoms with Crippen LogP contribution in [0.4, 0.5) is 4.79 Å². The minimum absolute atomic E-state index is 0.0799. The first kappa shape index (κ1) is 23.5. The van der Waals surface area contributed by atoms with E-state index in [1.54, 1.807) is 12.0 Å². The Kier molecular flexibility index (Phi) is 6.34. The Balaban J connectivity index is 1.38. The smallest absolute Gasteiger partial charge is 0.328 e. The van der Waals surface area contributed by atoms with Gasteiger partial charge in [0.15, 0.2) is 0 Å². The second kappa shape index (κ2) is 9.43. The van der Waals surface area contributed by atoms with Crippen LogP contribution in [0.3, 0.4) is 0 Å². The number of rotatable bonds is 7. The van der Waals surface area contributed by atoms with E-state index in [-0.39, 0.29) is 18.5 Å². The monoisotopic (exact) mass is 475 g/mol. The highest BCUT2D eigenvalue weighted by atomic mass is 16.5. The molecule has 2 fully saturated rings. The first-order valence-corrected chi connectivity index (χ1v) is 12.2. The summed E-state index contributed by atoms with van der Waals surface area (Å²) in [4.78, 5) is 33.1. The fourth-order valence-electron chi connectivity index (χ4n) is 5.52. The number of benzene rings is 2. The maximum Gasteiger partial charge on any atom is 0.328 e. The zero-order valence-corrected chi connectivity index (χ0v) is 20.7. The Labute approximate surface area is 206 Å². The van der Waals surface area contributed by atoms with Crippen LogP contribution >= 0.6 is 0 Å². The van der Waals surface area contributed by atoms with E-state index in [1.165, 1.54) is 10.5 Å². The number of carbonyl (C=O) groups is 2. The van der Waals surface area contributed by atoms with Gasteiger partial charge in [0.25, 0.3) is 5.91 Å². The lowest BCUT2D eigenvalue weighted by Gasteiger charge is -2.42. The maximum atomic E-state index is 13.9. The highest BCUT2D eigenvalue weighted by Gasteiger charge is 2.57. The largest absolute Gasteiger partial charge is 0.383 e. The van der Waals surface area contributed by atoms with Gasteiger partial charge >= 0.3 is 6.03 Å². The number of hydrogen-bond donors (Lipinski definition) is 0. The van der Waals surface area contributed by atoms with E-state index in [9.17, 15) is 9.59 Å². The molecule has 3 aromatic rings. The number of fused-ring (bicyclic) bond motifs is 1. The van der Waals surface area contributed by atoms with E-state index in [2.05, 4.69) is 29.1 Å². The number of methoxy groups -OCH3 is 1. The molecule has 3 heterocycles. The van der Waals surface area contributed by atoms with Crippen LogP contribution in [0, 0.1) is 6.92 Å². The van der Waals surface area contributed by atoms with Gasteiger partial charge in [0, 0.05) is 51.6 Å². The molecule has 0 bridgehead atoms. The Bertz CT molecular complexity index is 1240. The van der Waals surface area contributed by atoms with Crippen molar-refractivity contribution in [3.8, 4) is 0 Å². The van der Waals surface area contributed by atoms with Gasteiger partial charge in [0.05, 0.1) is 19.3 Å². The fraction of sp³-hybridized carbons (Fsp3) is 0.444. The summed E-state index contributed by atoms with van der Waals surface area (Å²) in [5.41, 5.74) is 2.53. The molecule has 35 heavy (non-hydrogen) atoms. The summed E-state index contributed by atoms with van der Waals surface area (Å²) in [5, 5.41) is 6.53. The van der Waals surface area contributed by atoms with E-state index >= 15 is 0 Å². The zero-order chi connectivity index (χ0) is 24.6. The Morgan fingerprint density at radius 2 is 1.74 bits per heavy atom.